The highest BCUT2D eigenvalue weighted by Gasteiger charge is 2.11. The molecular formula is C22H32O. The predicted molar refractivity (Wildman–Crippen MR) is 99.6 cm³/mol. The van der Waals surface area contributed by atoms with E-state index in [4.69, 9.17) is 4.74 Å². The van der Waals surface area contributed by atoms with Gasteiger partial charge in [0, 0.05) is 5.92 Å². The standard InChI is InChI=1S/C22H32O/c1-2-3-4-5-6-7-8-12-19-23-22-17-15-21(16-18-22)20-13-10-9-11-14-20/h9-11,13-15,17-18,21H,2-8,12,16,19H2,1H3. The van der Waals surface area contributed by atoms with Gasteiger partial charge in [0.05, 0.1) is 6.61 Å². The maximum atomic E-state index is 5.89. The Morgan fingerprint density at radius 1 is 0.913 bits per heavy atom. The fourth-order valence-electron chi connectivity index (χ4n) is 3.08. The first-order valence-corrected chi connectivity index (χ1v) is 9.46. The first-order chi connectivity index (χ1) is 11.4. The third-order valence-corrected chi connectivity index (χ3v) is 4.56. The zero-order valence-corrected chi connectivity index (χ0v) is 14.7. The number of hydrogen-bond acceptors (Lipinski definition) is 1. The van der Waals surface area contributed by atoms with Crippen molar-refractivity contribution in [3.8, 4) is 0 Å². The zero-order chi connectivity index (χ0) is 16.2. The van der Waals surface area contributed by atoms with E-state index in [1.54, 1.807) is 0 Å². The molecule has 0 fully saturated rings. The highest BCUT2D eigenvalue weighted by atomic mass is 16.5. The Kier molecular flexibility index (Phi) is 8.61. The van der Waals surface area contributed by atoms with Gasteiger partial charge in [-0.15, -0.1) is 0 Å². The van der Waals surface area contributed by atoms with Crippen molar-refractivity contribution in [3.05, 3.63) is 59.9 Å². The summed E-state index contributed by atoms with van der Waals surface area (Å²) in [4.78, 5) is 0. The van der Waals surface area contributed by atoms with Crippen LogP contribution in [-0.4, -0.2) is 6.61 Å². The van der Waals surface area contributed by atoms with Crippen molar-refractivity contribution in [3.63, 3.8) is 0 Å². The van der Waals surface area contributed by atoms with E-state index in [1.165, 1.54) is 56.9 Å². The zero-order valence-electron chi connectivity index (χ0n) is 14.7. The smallest absolute Gasteiger partial charge is 0.115 e. The Labute approximate surface area is 142 Å². The summed E-state index contributed by atoms with van der Waals surface area (Å²) >= 11 is 0. The maximum Gasteiger partial charge on any atom is 0.115 e. The average molecular weight is 312 g/mol. The van der Waals surface area contributed by atoms with Crippen LogP contribution in [0.1, 0.15) is 76.2 Å². The summed E-state index contributed by atoms with van der Waals surface area (Å²) in [6.45, 7) is 3.13. The van der Waals surface area contributed by atoms with Gasteiger partial charge in [-0.25, -0.2) is 0 Å². The largest absolute Gasteiger partial charge is 0.494 e. The van der Waals surface area contributed by atoms with Crippen molar-refractivity contribution in [1.82, 2.24) is 0 Å². The van der Waals surface area contributed by atoms with Gasteiger partial charge in [0.15, 0.2) is 0 Å². The summed E-state index contributed by atoms with van der Waals surface area (Å²) in [6, 6.07) is 10.7. The summed E-state index contributed by atoms with van der Waals surface area (Å²) in [5, 5.41) is 0. The molecular weight excluding hydrogens is 280 g/mol. The summed E-state index contributed by atoms with van der Waals surface area (Å²) in [5.74, 6) is 1.56. The number of benzene rings is 1. The third kappa shape index (κ3) is 7.07. The topological polar surface area (TPSA) is 9.23 Å². The van der Waals surface area contributed by atoms with E-state index >= 15 is 0 Å². The summed E-state index contributed by atoms with van der Waals surface area (Å²) in [5.41, 5.74) is 1.39. The minimum absolute atomic E-state index is 0.506. The van der Waals surface area contributed by atoms with Crippen LogP contribution in [0.5, 0.6) is 0 Å². The lowest BCUT2D eigenvalue weighted by Crippen LogP contribution is -2.01. The molecule has 1 nitrogen and oxygen atoms in total. The van der Waals surface area contributed by atoms with E-state index in [0.717, 1.165) is 18.8 Å². The van der Waals surface area contributed by atoms with Gasteiger partial charge in [0.2, 0.25) is 0 Å². The number of ether oxygens (including phenoxy) is 1. The van der Waals surface area contributed by atoms with Gasteiger partial charge in [-0.05, 0) is 30.6 Å². The second kappa shape index (κ2) is 11.1. The van der Waals surface area contributed by atoms with E-state index in [0.29, 0.717) is 5.92 Å². The second-order valence-electron chi connectivity index (χ2n) is 6.54. The molecule has 0 N–H and O–H groups in total. The fraction of sp³-hybridized carbons (Fsp3) is 0.545. The SMILES string of the molecule is CCCCCCCCCCOC1=CCC(c2ccccc2)C=C1. The first kappa shape index (κ1) is 17.8. The van der Waals surface area contributed by atoms with Crippen LogP contribution in [-0.2, 0) is 4.74 Å². The van der Waals surface area contributed by atoms with Crippen LogP contribution in [0.25, 0.3) is 0 Å². The van der Waals surface area contributed by atoms with Gasteiger partial charge in [0.25, 0.3) is 0 Å². The van der Waals surface area contributed by atoms with Crippen molar-refractivity contribution in [1.29, 1.82) is 0 Å². The summed E-state index contributed by atoms with van der Waals surface area (Å²) < 4.78 is 5.89. The molecule has 0 saturated carbocycles. The Morgan fingerprint density at radius 3 is 2.26 bits per heavy atom. The summed E-state index contributed by atoms with van der Waals surface area (Å²) in [6.07, 6.45) is 18.5. The molecule has 1 unspecified atom stereocenters. The molecule has 0 heterocycles. The predicted octanol–water partition coefficient (Wildman–Crippen LogP) is 6.77. The quantitative estimate of drug-likeness (QED) is 0.410. The Morgan fingerprint density at radius 2 is 1.61 bits per heavy atom. The normalized spacial score (nSPS) is 17.1. The van der Waals surface area contributed by atoms with Crippen LogP contribution in [0.4, 0.5) is 0 Å². The van der Waals surface area contributed by atoms with Gasteiger partial charge >= 0.3 is 0 Å². The molecule has 2 rings (SSSR count). The van der Waals surface area contributed by atoms with Crippen LogP contribution in [0.15, 0.2) is 54.3 Å². The molecule has 23 heavy (non-hydrogen) atoms. The molecule has 0 bridgehead atoms. The molecule has 0 spiro atoms. The molecule has 0 radical (unpaired) electrons. The molecule has 1 aromatic carbocycles. The van der Waals surface area contributed by atoms with Gasteiger partial charge in [0.1, 0.15) is 5.76 Å². The van der Waals surface area contributed by atoms with E-state index in [9.17, 15) is 0 Å². The average Bonchev–Trinajstić information content (AvgIpc) is 2.62. The van der Waals surface area contributed by atoms with Crippen LogP contribution in [0.2, 0.25) is 0 Å². The minimum Gasteiger partial charge on any atom is -0.494 e. The minimum atomic E-state index is 0.506. The lowest BCUT2D eigenvalue weighted by atomic mass is 9.92. The van der Waals surface area contributed by atoms with E-state index in [-0.39, 0.29) is 0 Å². The molecule has 0 aliphatic heterocycles. The van der Waals surface area contributed by atoms with E-state index < -0.39 is 0 Å². The second-order valence-corrected chi connectivity index (χ2v) is 6.54. The number of rotatable bonds is 11. The molecule has 0 saturated heterocycles. The lowest BCUT2D eigenvalue weighted by Gasteiger charge is -2.17. The molecule has 1 heteroatoms. The van der Waals surface area contributed by atoms with Crippen LogP contribution in [0, 0.1) is 0 Å². The lowest BCUT2D eigenvalue weighted by molar-refractivity contribution is 0.214. The van der Waals surface area contributed by atoms with Gasteiger partial charge in [-0.1, -0.05) is 88.3 Å². The summed E-state index contributed by atoms with van der Waals surface area (Å²) in [7, 11) is 0. The number of allylic oxidation sites excluding steroid dienone is 3. The van der Waals surface area contributed by atoms with Gasteiger partial charge < -0.3 is 4.74 Å². The van der Waals surface area contributed by atoms with Crippen molar-refractivity contribution in [2.75, 3.05) is 6.61 Å². The van der Waals surface area contributed by atoms with E-state index in [2.05, 4.69) is 55.5 Å². The van der Waals surface area contributed by atoms with Gasteiger partial charge in [-0.2, -0.15) is 0 Å². The van der Waals surface area contributed by atoms with Crippen LogP contribution in [0.3, 0.4) is 0 Å². The molecule has 126 valence electrons. The van der Waals surface area contributed by atoms with Crippen molar-refractivity contribution >= 4 is 0 Å². The first-order valence-electron chi connectivity index (χ1n) is 9.46. The Bertz CT molecular complexity index is 472. The maximum absolute atomic E-state index is 5.89. The molecule has 1 aliphatic rings. The highest BCUT2D eigenvalue weighted by molar-refractivity contribution is 5.30. The van der Waals surface area contributed by atoms with Crippen LogP contribution < -0.4 is 0 Å². The Balaban J connectivity index is 1.53. The molecule has 1 atom stereocenters. The van der Waals surface area contributed by atoms with Crippen LogP contribution >= 0.6 is 0 Å². The van der Waals surface area contributed by atoms with E-state index in [1.807, 2.05) is 0 Å². The van der Waals surface area contributed by atoms with Crippen molar-refractivity contribution < 1.29 is 4.74 Å². The molecule has 1 aliphatic carbocycles. The van der Waals surface area contributed by atoms with Crippen molar-refractivity contribution in [2.24, 2.45) is 0 Å². The number of hydrogen-bond donors (Lipinski definition) is 0. The third-order valence-electron chi connectivity index (χ3n) is 4.56. The Hall–Kier alpha value is -1.50. The van der Waals surface area contributed by atoms with Crippen molar-refractivity contribution in [2.45, 2.75) is 70.6 Å². The molecule has 1 aromatic rings. The fourth-order valence-corrected chi connectivity index (χ4v) is 3.08. The molecule has 0 aromatic heterocycles. The highest BCUT2D eigenvalue weighted by Crippen LogP contribution is 2.26. The number of unbranched alkanes of at least 4 members (excludes halogenated alkanes) is 7. The molecule has 0 amide bonds. The monoisotopic (exact) mass is 312 g/mol. The van der Waals surface area contributed by atoms with Gasteiger partial charge in [-0.3, -0.25) is 0 Å².